The Kier molecular flexibility index (Phi) is 5.46. The standard InChI is InChI=1S/C11H14F6N2O2/c12-10(13,14)4-18-8(20)6-2-1-3-7(6)9(21)19-5-11(15,16)17/h6-7H,1-5H2,(H,18,20)(H,19,21)/t6-,7-/m0/s1. The van der Waals surface area contributed by atoms with Crippen LogP contribution in [0.4, 0.5) is 26.3 Å². The van der Waals surface area contributed by atoms with E-state index in [1.165, 1.54) is 0 Å². The number of amides is 2. The van der Waals surface area contributed by atoms with Gasteiger partial charge in [-0.2, -0.15) is 26.3 Å². The first kappa shape index (κ1) is 17.6. The molecule has 0 aromatic carbocycles. The van der Waals surface area contributed by atoms with Gasteiger partial charge in [-0.05, 0) is 12.8 Å². The number of alkyl halides is 6. The van der Waals surface area contributed by atoms with Gasteiger partial charge in [0, 0.05) is 11.8 Å². The van der Waals surface area contributed by atoms with Gasteiger partial charge in [-0.15, -0.1) is 0 Å². The maximum Gasteiger partial charge on any atom is 0.405 e. The normalized spacial score (nSPS) is 23.0. The Labute approximate surface area is 116 Å². The van der Waals surface area contributed by atoms with Crippen molar-refractivity contribution in [3.05, 3.63) is 0 Å². The van der Waals surface area contributed by atoms with Crippen molar-refractivity contribution in [3.8, 4) is 0 Å². The molecule has 4 nitrogen and oxygen atoms in total. The third-order valence-electron chi connectivity index (χ3n) is 3.12. The monoisotopic (exact) mass is 320 g/mol. The predicted octanol–water partition coefficient (Wildman–Crippen LogP) is 1.76. The molecule has 0 aliphatic heterocycles. The summed E-state index contributed by atoms with van der Waals surface area (Å²) < 4.78 is 71.9. The zero-order valence-corrected chi connectivity index (χ0v) is 10.8. The molecule has 2 N–H and O–H groups in total. The van der Waals surface area contributed by atoms with E-state index in [2.05, 4.69) is 0 Å². The molecule has 0 unspecified atom stereocenters. The van der Waals surface area contributed by atoms with E-state index >= 15 is 0 Å². The Balaban J connectivity index is 2.54. The van der Waals surface area contributed by atoms with Crippen molar-refractivity contribution in [2.75, 3.05) is 13.1 Å². The molecule has 2 atom stereocenters. The van der Waals surface area contributed by atoms with Crippen molar-refractivity contribution in [3.63, 3.8) is 0 Å². The van der Waals surface area contributed by atoms with Crippen LogP contribution in [0.2, 0.25) is 0 Å². The summed E-state index contributed by atoms with van der Waals surface area (Å²) >= 11 is 0. The maximum atomic E-state index is 12.0. The highest BCUT2D eigenvalue weighted by atomic mass is 19.4. The van der Waals surface area contributed by atoms with Gasteiger partial charge in [-0.1, -0.05) is 6.42 Å². The molecular weight excluding hydrogens is 306 g/mol. The average molecular weight is 320 g/mol. The van der Waals surface area contributed by atoms with Gasteiger partial charge in [0.05, 0.1) is 0 Å². The van der Waals surface area contributed by atoms with E-state index in [9.17, 15) is 35.9 Å². The van der Waals surface area contributed by atoms with Crippen LogP contribution < -0.4 is 10.6 Å². The molecule has 2 amide bonds. The lowest BCUT2D eigenvalue weighted by Crippen LogP contribution is -2.44. The van der Waals surface area contributed by atoms with Crippen molar-refractivity contribution in [2.45, 2.75) is 31.6 Å². The van der Waals surface area contributed by atoms with Crippen molar-refractivity contribution in [2.24, 2.45) is 11.8 Å². The fourth-order valence-electron chi connectivity index (χ4n) is 2.22. The number of carbonyl (C=O) groups excluding carboxylic acids is 2. The van der Waals surface area contributed by atoms with Crippen molar-refractivity contribution in [1.29, 1.82) is 0 Å². The van der Waals surface area contributed by atoms with E-state index in [0.717, 1.165) is 0 Å². The van der Waals surface area contributed by atoms with Crippen molar-refractivity contribution >= 4 is 11.8 Å². The molecule has 0 bridgehead atoms. The third-order valence-corrected chi connectivity index (χ3v) is 3.12. The lowest BCUT2D eigenvalue weighted by Gasteiger charge is -2.19. The third kappa shape index (κ3) is 6.21. The van der Waals surface area contributed by atoms with Gasteiger partial charge in [0.25, 0.3) is 0 Å². The molecule has 0 aromatic rings. The van der Waals surface area contributed by atoms with Gasteiger partial charge in [0.1, 0.15) is 13.1 Å². The first-order chi connectivity index (χ1) is 9.49. The second-order valence-electron chi connectivity index (χ2n) is 4.81. The van der Waals surface area contributed by atoms with Gasteiger partial charge in [0.15, 0.2) is 0 Å². The first-order valence-electron chi connectivity index (χ1n) is 6.18. The Morgan fingerprint density at radius 1 is 0.810 bits per heavy atom. The van der Waals surface area contributed by atoms with Crippen LogP contribution in [0.1, 0.15) is 19.3 Å². The molecule has 1 aliphatic rings. The molecule has 1 aliphatic carbocycles. The zero-order chi connectivity index (χ0) is 16.3. The molecule has 1 fully saturated rings. The molecule has 122 valence electrons. The van der Waals surface area contributed by atoms with Crippen molar-refractivity contribution in [1.82, 2.24) is 10.6 Å². The number of nitrogens with one attached hydrogen (secondary N) is 2. The van der Waals surface area contributed by atoms with Crippen LogP contribution in [0.5, 0.6) is 0 Å². The summed E-state index contributed by atoms with van der Waals surface area (Å²) in [6.45, 7) is -3.06. The van der Waals surface area contributed by atoms with Gasteiger partial charge in [-0.25, -0.2) is 0 Å². The summed E-state index contributed by atoms with van der Waals surface area (Å²) in [6, 6.07) is 0. The minimum atomic E-state index is -4.58. The first-order valence-corrected chi connectivity index (χ1v) is 6.18. The SMILES string of the molecule is O=C(NCC(F)(F)F)[C@H]1CCC[C@@H]1C(=O)NCC(F)(F)F. The Bertz CT molecular complexity index is 357. The molecule has 0 aromatic heterocycles. The topological polar surface area (TPSA) is 58.2 Å². The highest BCUT2D eigenvalue weighted by molar-refractivity contribution is 5.88. The number of rotatable bonds is 4. The van der Waals surface area contributed by atoms with Crippen LogP contribution in [0.3, 0.4) is 0 Å². The van der Waals surface area contributed by atoms with E-state index in [1.807, 2.05) is 0 Å². The van der Waals surface area contributed by atoms with E-state index in [-0.39, 0.29) is 12.8 Å². The Morgan fingerprint density at radius 2 is 1.14 bits per heavy atom. The van der Waals surface area contributed by atoms with E-state index in [1.54, 1.807) is 10.6 Å². The summed E-state index contributed by atoms with van der Waals surface area (Å²) in [5.41, 5.74) is 0. The summed E-state index contributed by atoms with van der Waals surface area (Å²) in [6.07, 6.45) is -8.42. The maximum absolute atomic E-state index is 12.0. The summed E-state index contributed by atoms with van der Waals surface area (Å²) in [7, 11) is 0. The molecule has 0 heterocycles. The van der Waals surface area contributed by atoms with Crippen LogP contribution in [0, 0.1) is 11.8 Å². The summed E-state index contributed by atoms with van der Waals surface area (Å²) in [5.74, 6) is -3.98. The highest BCUT2D eigenvalue weighted by Crippen LogP contribution is 2.32. The quantitative estimate of drug-likeness (QED) is 0.776. The molecule has 1 rings (SSSR count). The molecule has 0 radical (unpaired) electrons. The van der Waals surface area contributed by atoms with Crippen LogP contribution in [0.25, 0.3) is 0 Å². The molecule has 0 saturated heterocycles. The minimum Gasteiger partial charge on any atom is -0.347 e. The van der Waals surface area contributed by atoms with Crippen LogP contribution in [-0.2, 0) is 9.59 Å². The molecule has 1 saturated carbocycles. The van der Waals surface area contributed by atoms with Crippen molar-refractivity contribution < 1.29 is 35.9 Å². The number of hydrogen-bond acceptors (Lipinski definition) is 2. The molecular formula is C11H14F6N2O2. The van der Waals surface area contributed by atoms with E-state index in [4.69, 9.17) is 0 Å². The lowest BCUT2D eigenvalue weighted by molar-refractivity contribution is -0.146. The lowest BCUT2D eigenvalue weighted by atomic mass is 9.94. The minimum absolute atomic E-state index is 0.174. The molecule has 0 spiro atoms. The summed E-state index contributed by atoms with van der Waals surface area (Å²) in [5, 5.41) is 3.31. The van der Waals surface area contributed by atoms with E-state index < -0.39 is 49.1 Å². The fraction of sp³-hybridized carbons (Fsp3) is 0.818. The Hall–Kier alpha value is -1.48. The zero-order valence-electron chi connectivity index (χ0n) is 10.8. The average Bonchev–Trinajstić information content (AvgIpc) is 2.80. The second kappa shape index (κ2) is 6.52. The molecule has 10 heteroatoms. The van der Waals surface area contributed by atoms with Gasteiger partial charge >= 0.3 is 12.4 Å². The number of carbonyl (C=O) groups is 2. The largest absolute Gasteiger partial charge is 0.405 e. The van der Waals surface area contributed by atoms with Gasteiger partial charge in [-0.3, -0.25) is 9.59 Å². The number of halogens is 6. The fourth-order valence-corrected chi connectivity index (χ4v) is 2.22. The van der Waals surface area contributed by atoms with Gasteiger partial charge in [0.2, 0.25) is 11.8 Å². The Morgan fingerprint density at radius 3 is 1.43 bits per heavy atom. The van der Waals surface area contributed by atoms with Crippen LogP contribution in [0.15, 0.2) is 0 Å². The van der Waals surface area contributed by atoms with Crippen LogP contribution >= 0.6 is 0 Å². The smallest absolute Gasteiger partial charge is 0.347 e. The van der Waals surface area contributed by atoms with E-state index in [0.29, 0.717) is 6.42 Å². The molecule has 21 heavy (non-hydrogen) atoms. The van der Waals surface area contributed by atoms with Crippen LogP contribution in [-0.4, -0.2) is 37.3 Å². The second-order valence-corrected chi connectivity index (χ2v) is 4.81. The predicted molar refractivity (Wildman–Crippen MR) is 59.0 cm³/mol. The highest BCUT2D eigenvalue weighted by Gasteiger charge is 2.40. The summed E-state index contributed by atoms with van der Waals surface area (Å²) in [4.78, 5) is 23.2. The van der Waals surface area contributed by atoms with Gasteiger partial charge < -0.3 is 10.6 Å². The number of hydrogen-bond donors (Lipinski definition) is 2.